The molecule has 218 valence electrons. The third kappa shape index (κ3) is 6.17. The molecule has 2 aromatic carbocycles. The Balaban J connectivity index is 1.37. The Morgan fingerprint density at radius 2 is 1.77 bits per heavy atom. The number of hydrogen-bond donors (Lipinski definition) is 3. The highest BCUT2D eigenvalue weighted by Gasteiger charge is 2.16. The van der Waals surface area contributed by atoms with E-state index >= 15 is 0 Å². The molecule has 3 N–H and O–H groups in total. The molecule has 6 rings (SSSR count). The highest BCUT2D eigenvalue weighted by atomic mass is 32.2. The van der Waals surface area contributed by atoms with Crippen molar-refractivity contribution < 1.29 is 17.6 Å². The van der Waals surface area contributed by atoms with Crippen molar-refractivity contribution in [3.63, 3.8) is 0 Å². The Morgan fingerprint density at radius 3 is 2.58 bits per heavy atom. The lowest BCUT2D eigenvalue weighted by atomic mass is 10.0. The van der Waals surface area contributed by atoms with Gasteiger partial charge in [-0.1, -0.05) is 13.0 Å². The van der Waals surface area contributed by atoms with E-state index in [4.69, 9.17) is 0 Å². The summed E-state index contributed by atoms with van der Waals surface area (Å²) in [4.78, 5) is 24.4. The predicted octanol–water partition coefficient (Wildman–Crippen LogP) is 6.30. The van der Waals surface area contributed by atoms with Crippen molar-refractivity contribution >= 4 is 43.2 Å². The number of sulfone groups is 1. The quantitative estimate of drug-likeness (QED) is 0.179. The van der Waals surface area contributed by atoms with Gasteiger partial charge in [-0.15, -0.1) is 0 Å². The van der Waals surface area contributed by atoms with Crippen LogP contribution in [0, 0.1) is 5.82 Å². The van der Waals surface area contributed by atoms with Crippen LogP contribution >= 0.6 is 0 Å². The number of carbonyl (C=O) groups excluding carboxylic acids is 1. The molecule has 43 heavy (non-hydrogen) atoms. The van der Waals surface area contributed by atoms with Gasteiger partial charge in [0.25, 0.3) is 0 Å². The number of aromatic nitrogens is 5. The molecule has 9 nitrogen and oxygen atoms in total. The fourth-order valence-corrected chi connectivity index (χ4v) is 5.77. The number of aryl methyl sites for hydroxylation is 1. The Hall–Kier alpha value is -4.90. The van der Waals surface area contributed by atoms with Crippen molar-refractivity contribution in [1.82, 2.24) is 25.1 Å². The summed E-state index contributed by atoms with van der Waals surface area (Å²) in [6.07, 6.45) is 7.62. The normalized spacial score (nSPS) is 11.8. The van der Waals surface area contributed by atoms with E-state index in [1.165, 1.54) is 18.4 Å². The van der Waals surface area contributed by atoms with Gasteiger partial charge in [-0.3, -0.25) is 19.9 Å². The van der Waals surface area contributed by atoms with Crippen LogP contribution in [0.1, 0.15) is 25.3 Å². The molecule has 0 fully saturated rings. The first-order chi connectivity index (χ1) is 20.7. The van der Waals surface area contributed by atoms with E-state index in [0.717, 1.165) is 45.0 Å². The summed E-state index contributed by atoms with van der Waals surface area (Å²) < 4.78 is 37.9. The molecule has 0 saturated carbocycles. The van der Waals surface area contributed by atoms with Gasteiger partial charge >= 0.3 is 0 Å². The SMILES string of the molecule is CCCC(=O)Nc1cncc(-c2ccc3[nH]nc(-c4cc5c(-c6cc(F)cc(CCS(C)(=O)=O)c6)nccc5[nH]4)c3c2)c1. The Kier molecular flexibility index (Phi) is 7.49. The van der Waals surface area contributed by atoms with E-state index in [-0.39, 0.29) is 18.1 Å². The summed E-state index contributed by atoms with van der Waals surface area (Å²) in [5, 5.41) is 12.2. The summed E-state index contributed by atoms with van der Waals surface area (Å²) in [6.45, 7) is 1.96. The number of benzene rings is 2. The molecule has 0 aliphatic carbocycles. The first-order valence-corrected chi connectivity index (χ1v) is 15.9. The number of nitrogens with zero attached hydrogens (tertiary/aromatic N) is 3. The Labute approximate surface area is 247 Å². The number of carbonyl (C=O) groups is 1. The molecule has 4 heterocycles. The van der Waals surface area contributed by atoms with Gasteiger partial charge in [0.1, 0.15) is 21.3 Å². The second kappa shape index (κ2) is 11.4. The number of nitrogens with one attached hydrogen (secondary N) is 3. The average molecular weight is 597 g/mol. The standard InChI is InChI=1S/C32H29FN6O3S/c1-3-4-30(40)36-24-14-22(17-34-18-24)20-5-6-28-25(15-20)32(39-38-28)29-16-26-27(37-29)7-9-35-31(26)21-11-19(12-23(33)13-21)8-10-43(2,41)42/h5-7,9,11-18,37H,3-4,8,10H2,1-2H3,(H,36,40)(H,38,39). The maximum absolute atomic E-state index is 14.6. The third-order valence-electron chi connectivity index (χ3n) is 7.19. The smallest absolute Gasteiger partial charge is 0.224 e. The number of fused-ring (bicyclic) bond motifs is 2. The predicted molar refractivity (Wildman–Crippen MR) is 167 cm³/mol. The molecular weight excluding hydrogens is 567 g/mol. The van der Waals surface area contributed by atoms with E-state index in [1.807, 2.05) is 43.3 Å². The van der Waals surface area contributed by atoms with Crippen LogP contribution in [-0.2, 0) is 21.1 Å². The highest BCUT2D eigenvalue weighted by molar-refractivity contribution is 7.90. The van der Waals surface area contributed by atoms with E-state index in [2.05, 4.69) is 30.5 Å². The number of pyridine rings is 2. The average Bonchev–Trinajstić information content (AvgIpc) is 3.59. The van der Waals surface area contributed by atoms with Crippen molar-refractivity contribution in [2.24, 2.45) is 0 Å². The van der Waals surface area contributed by atoms with Crippen LogP contribution < -0.4 is 5.32 Å². The maximum atomic E-state index is 14.6. The topological polar surface area (TPSA) is 133 Å². The molecule has 6 aromatic rings. The molecule has 0 radical (unpaired) electrons. The summed E-state index contributed by atoms with van der Waals surface area (Å²) in [6, 6.07) is 16.2. The van der Waals surface area contributed by atoms with Crippen molar-refractivity contribution in [2.75, 3.05) is 17.3 Å². The molecule has 4 aromatic heterocycles. The van der Waals surface area contributed by atoms with Crippen LogP contribution in [0.5, 0.6) is 0 Å². The lowest BCUT2D eigenvalue weighted by Crippen LogP contribution is -2.10. The monoisotopic (exact) mass is 596 g/mol. The van der Waals surface area contributed by atoms with Gasteiger partial charge in [0.15, 0.2) is 0 Å². The van der Waals surface area contributed by atoms with Crippen molar-refractivity contribution in [3.8, 4) is 33.8 Å². The minimum Gasteiger partial charge on any atom is -0.353 e. The molecule has 0 saturated heterocycles. The highest BCUT2D eigenvalue weighted by Crippen LogP contribution is 2.35. The van der Waals surface area contributed by atoms with Gasteiger partial charge < -0.3 is 10.3 Å². The van der Waals surface area contributed by atoms with Gasteiger partial charge in [0.05, 0.1) is 34.5 Å². The summed E-state index contributed by atoms with van der Waals surface area (Å²) in [5.74, 6) is -0.570. The minimum atomic E-state index is -3.19. The molecule has 0 atom stereocenters. The van der Waals surface area contributed by atoms with Gasteiger partial charge in [-0.2, -0.15) is 5.10 Å². The first kappa shape index (κ1) is 28.2. The number of rotatable bonds is 9. The second-order valence-electron chi connectivity index (χ2n) is 10.6. The summed E-state index contributed by atoms with van der Waals surface area (Å²) in [5.41, 5.74) is 7.22. The summed E-state index contributed by atoms with van der Waals surface area (Å²) in [7, 11) is -3.19. The van der Waals surface area contributed by atoms with Gasteiger partial charge in [0.2, 0.25) is 5.91 Å². The van der Waals surface area contributed by atoms with Crippen LogP contribution in [0.15, 0.2) is 73.2 Å². The largest absolute Gasteiger partial charge is 0.353 e. The first-order valence-electron chi connectivity index (χ1n) is 13.9. The molecule has 0 spiro atoms. The molecule has 0 aliphatic heterocycles. The molecule has 0 bridgehead atoms. The molecule has 0 aliphatic rings. The van der Waals surface area contributed by atoms with E-state index in [9.17, 15) is 17.6 Å². The minimum absolute atomic E-state index is 0.0509. The van der Waals surface area contributed by atoms with Crippen molar-refractivity contribution in [2.45, 2.75) is 26.2 Å². The van der Waals surface area contributed by atoms with Crippen LogP contribution in [0.4, 0.5) is 10.1 Å². The van der Waals surface area contributed by atoms with E-state index < -0.39 is 15.7 Å². The lowest BCUT2D eigenvalue weighted by molar-refractivity contribution is -0.116. The van der Waals surface area contributed by atoms with Gasteiger partial charge in [0, 0.05) is 52.5 Å². The fraction of sp³-hybridized carbons (Fsp3) is 0.188. The van der Waals surface area contributed by atoms with E-state index in [1.54, 1.807) is 24.7 Å². The zero-order valence-electron chi connectivity index (χ0n) is 23.6. The Morgan fingerprint density at radius 1 is 0.930 bits per heavy atom. The fourth-order valence-electron chi connectivity index (χ4n) is 5.16. The summed E-state index contributed by atoms with van der Waals surface area (Å²) >= 11 is 0. The van der Waals surface area contributed by atoms with Crippen molar-refractivity contribution in [1.29, 1.82) is 0 Å². The van der Waals surface area contributed by atoms with Gasteiger partial charge in [-0.05, 0) is 72.5 Å². The number of halogens is 1. The number of hydrogen-bond acceptors (Lipinski definition) is 6. The molecule has 0 unspecified atom stereocenters. The van der Waals surface area contributed by atoms with Crippen molar-refractivity contribution in [3.05, 3.63) is 84.6 Å². The molecular formula is C32H29FN6O3S. The number of amides is 1. The molecule has 1 amide bonds. The number of anilines is 1. The van der Waals surface area contributed by atoms with Crippen LogP contribution in [0.3, 0.4) is 0 Å². The number of H-pyrrole nitrogens is 2. The molecule has 11 heteroatoms. The Bertz CT molecular complexity index is 2100. The van der Waals surface area contributed by atoms with Crippen LogP contribution in [0.25, 0.3) is 55.6 Å². The number of aromatic amines is 2. The second-order valence-corrected chi connectivity index (χ2v) is 12.9. The lowest BCUT2D eigenvalue weighted by Gasteiger charge is -2.07. The zero-order chi connectivity index (χ0) is 30.1. The third-order valence-corrected chi connectivity index (χ3v) is 8.14. The van der Waals surface area contributed by atoms with E-state index in [0.29, 0.717) is 34.6 Å². The van der Waals surface area contributed by atoms with Gasteiger partial charge in [-0.25, -0.2) is 12.8 Å². The van der Waals surface area contributed by atoms with Crippen LogP contribution in [0.2, 0.25) is 0 Å². The maximum Gasteiger partial charge on any atom is 0.224 e. The zero-order valence-corrected chi connectivity index (χ0v) is 24.4. The van der Waals surface area contributed by atoms with Crippen LogP contribution in [-0.4, -0.2) is 51.5 Å².